The van der Waals surface area contributed by atoms with Gasteiger partial charge in [-0.2, -0.15) is 0 Å². The standard InChI is InChI=1S/C33H30B5N/c1-17-20(26-27(34)29(36)31(38)30(37)28(26)35)9-8-10-23(17)39-24-13-11-18(32(2,3)4)15-21(24)22-16-19(33(5,6)7)12-14-25(22)39/h8-16H,1-7H3. The molecule has 1 aromatic heterocycles. The maximum absolute atomic E-state index is 6.47. The highest BCUT2D eigenvalue weighted by Crippen LogP contribution is 2.39. The van der Waals surface area contributed by atoms with Crippen LogP contribution in [0.3, 0.4) is 0 Å². The third-order valence-electron chi connectivity index (χ3n) is 8.01. The number of aromatic nitrogens is 1. The van der Waals surface area contributed by atoms with Crippen molar-refractivity contribution in [2.24, 2.45) is 0 Å². The van der Waals surface area contributed by atoms with Gasteiger partial charge in [-0.25, -0.2) is 0 Å². The fourth-order valence-corrected chi connectivity index (χ4v) is 5.49. The Bertz CT molecular complexity index is 1680. The summed E-state index contributed by atoms with van der Waals surface area (Å²) in [5, 5.41) is 2.46. The van der Waals surface area contributed by atoms with Gasteiger partial charge in [-0.3, -0.25) is 0 Å². The third-order valence-corrected chi connectivity index (χ3v) is 8.01. The molecule has 0 bridgehead atoms. The van der Waals surface area contributed by atoms with Crippen molar-refractivity contribution in [1.82, 2.24) is 4.57 Å². The van der Waals surface area contributed by atoms with E-state index in [1.807, 2.05) is 12.1 Å². The lowest BCUT2D eigenvalue weighted by molar-refractivity contribution is 0.590. The minimum atomic E-state index is 0.0319. The second-order valence-corrected chi connectivity index (χ2v) is 12.7. The van der Waals surface area contributed by atoms with Gasteiger partial charge >= 0.3 is 0 Å². The summed E-state index contributed by atoms with van der Waals surface area (Å²) in [6.07, 6.45) is 0. The summed E-state index contributed by atoms with van der Waals surface area (Å²) < 4.78 is 2.33. The van der Waals surface area contributed by atoms with E-state index in [9.17, 15) is 0 Å². The van der Waals surface area contributed by atoms with Crippen molar-refractivity contribution in [2.75, 3.05) is 0 Å². The molecule has 0 saturated carbocycles. The number of fused-ring (bicyclic) bond motifs is 3. The molecule has 5 aromatic rings. The van der Waals surface area contributed by atoms with Crippen molar-refractivity contribution in [1.29, 1.82) is 0 Å². The first-order valence-electron chi connectivity index (χ1n) is 13.3. The van der Waals surface area contributed by atoms with Crippen LogP contribution in [0, 0.1) is 6.92 Å². The molecule has 39 heavy (non-hydrogen) atoms. The zero-order chi connectivity index (χ0) is 28.6. The Labute approximate surface area is 239 Å². The van der Waals surface area contributed by atoms with Crippen LogP contribution in [-0.2, 0) is 10.8 Å². The summed E-state index contributed by atoms with van der Waals surface area (Å²) in [5.74, 6) is 0. The molecule has 10 radical (unpaired) electrons. The number of nitrogens with zero attached hydrogens (tertiary/aromatic N) is 1. The molecule has 0 aliphatic carbocycles. The first-order chi connectivity index (χ1) is 18.1. The average Bonchev–Trinajstić information content (AvgIpc) is 3.19. The van der Waals surface area contributed by atoms with Gasteiger partial charge in [0.2, 0.25) is 0 Å². The van der Waals surface area contributed by atoms with Gasteiger partial charge in [0, 0.05) is 16.5 Å². The van der Waals surface area contributed by atoms with E-state index >= 15 is 0 Å². The van der Waals surface area contributed by atoms with Gasteiger partial charge in [-0.15, -0.1) is 16.4 Å². The Morgan fingerprint density at radius 2 is 1.00 bits per heavy atom. The van der Waals surface area contributed by atoms with E-state index in [-0.39, 0.29) is 27.2 Å². The SMILES string of the molecule is [B]c1c([B])c([B])c(-c2cccc(-n3c4ccc(C(C)(C)C)cc4c4cc(C(C)(C)C)ccc43)c2C)c([B])c1[B]. The molecule has 0 saturated heterocycles. The predicted octanol–water partition coefficient (Wildman–Crippen LogP) is 3.32. The molecule has 1 heterocycles. The van der Waals surface area contributed by atoms with Crippen molar-refractivity contribution >= 4 is 88.4 Å². The van der Waals surface area contributed by atoms with Gasteiger partial charge in [0.25, 0.3) is 0 Å². The van der Waals surface area contributed by atoms with Gasteiger partial charge < -0.3 is 4.57 Å². The highest BCUT2D eigenvalue weighted by molar-refractivity contribution is 6.68. The lowest BCUT2D eigenvalue weighted by Crippen LogP contribution is -2.55. The van der Waals surface area contributed by atoms with Gasteiger partial charge in [0.1, 0.15) is 39.2 Å². The van der Waals surface area contributed by atoms with Crippen LogP contribution >= 0.6 is 0 Å². The quantitative estimate of drug-likeness (QED) is 0.332. The number of benzene rings is 4. The molecule has 182 valence electrons. The third kappa shape index (κ3) is 4.41. The molecule has 0 spiro atoms. The fourth-order valence-electron chi connectivity index (χ4n) is 5.49. The summed E-state index contributed by atoms with van der Waals surface area (Å²) in [5.41, 5.74) is 9.88. The molecule has 5 rings (SSSR count). The predicted molar refractivity (Wildman–Crippen MR) is 175 cm³/mol. The van der Waals surface area contributed by atoms with Crippen molar-refractivity contribution in [3.63, 3.8) is 0 Å². The van der Waals surface area contributed by atoms with Crippen molar-refractivity contribution < 1.29 is 0 Å². The topological polar surface area (TPSA) is 4.93 Å². The molecule has 0 unspecified atom stereocenters. The van der Waals surface area contributed by atoms with E-state index in [0.717, 1.165) is 27.8 Å². The molecule has 0 atom stereocenters. The minimum absolute atomic E-state index is 0.0319. The maximum atomic E-state index is 6.47. The van der Waals surface area contributed by atoms with Crippen LogP contribution in [-0.4, -0.2) is 43.8 Å². The molecule has 0 N–H and O–H groups in total. The smallest absolute Gasteiger partial charge is 0.113 e. The van der Waals surface area contributed by atoms with Crippen LogP contribution in [0.1, 0.15) is 58.2 Å². The van der Waals surface area contributed by atoms with E-state index in [1.165, 1.54) is 21.9 Å². The van der Waals surface area contributed by atoms with Crippen molar-refractivity contribution in [2.45, 2.75) is 59.3 Å². The number of hydrogen-bond donors (Lipinski definition) is 0. The van der Waals surface area contributed by atoms with Crippen molar-refractivity contribution in [3.05, 3.63) is 71.3 Å². The van der Waals surface area contributed by atoms with E-state index < -0.39 is 0 Å². The van der Waals surface area contributed by atoms with Crippen LogP contribution in [0.15, 0.2) is 54.6 Å². The Kier molecular flexibility index (Phi) is 6.57. The summed E-state index contributed by atoms with van der Waals surface area (Å²) >= 11 is 0. The summed E-state index contributed by atoms with van der Waals surface area (Å²) in [7, 11) is 31.5. The monoisotopic (exact) mass is 495 g/mol. The number of rotatable bonds is 2. The van der Waals surface area contributed by atoms with E-state index in [4.69, 9.17) is 39.2 Å². The van der Waals surface area contributed by atoms with Crippen LogP contribution in [0.2, 0.25) is 0 Å². The second-order valence-electron chi connectivity index (χ2n) is 12.7. The Hall–Kier alpha value is -3.00. The van der Waals surface area contributed by atoms with E-state index in [2.05, 4.69) is 95.5 Å². The Morgan fingerprint density at radius 3 is 1.44 bits per heavy atom. The van der Waals surface area contributed by atoms with Gasteiger partial charge in [0.05, 0.1) is 11.0 Å². The molecule has 0 aliphatic rings. The second kappa shape index (κ2) is 9.29. The largest absolute Gasteiger partial charge is 0.309 e. The van der Waals surface area contributed by atoms with Crippen LogP contribution in [0.5, 0.6) is 0 Å². The molecular weight excluding hydrogens is 464 g/mol. The fraction of sp³-hybridized carbons (Fsp3) is 0.273. The normalized spacial score (nSPS) is 12.5. The molecular formula is C33H30B5N. The maximum Gasteiger partial charge on any atom is 0.113 e. The highest BCUT2D eigenvalue weighted by Gasteiger charge is 2.22. The molecule has 1 nitrogen and oxygen atoms in total. The number of hydrogen-bond acceptors (Lipinski definition) is 0. The summed E-state index contributed by atoms with van der Waals surface area (Å²) in [6, 6.07) is 19.8. The van der Waals surface area contributed by atoms with Gasteiger partial charge in [0.15, 0.2) is 0 Å². The first-order valence-corrected chi connectivity index (χ1v) is 13.3. The Balaban J connectivity index is 1.87. The van der Waals surface area contributed by atoms with Crippen LogP contribution in [0.4, 0.5) is 0 Å². The summed E-state index contributed by atoms with van der Waals surface area (Å²) in [4.78, 5) is 0. The Morgan fingerprint density at radius 1 is 0.564 bits per heavy atom. The first kappa shape index (κ1) is 27.6. The van der Waals surface area contributed by atoms with Gasteiger partial charge in [-0.1, -0.05) is 76.7 Å². The van der Waals surface area contributed by atoms with Crippen LogP contribution in [0.25, 0.3) is 38.6 Å². The summed E-state index contributed by atoms with van der Waals surface area (Å²) in [6.45, 7) is 15.6. The van der Waals surface area contributed by atoms with Crippen LogP contribution < -0.4 is 27.3 Å². The van der Waals surface area contributed by atoms with E-state index in [0.29, 0.717) is 16.5 Å². The molecule has 0 amide bonds. The highest BCUT2D eigenvalue weighted by atomic mass is 15.0. The molecule has 0 aliphatic heterocycles. The van der Waals surface area contributed by atoms with E-state index in [1.54, 1.807) is 0 Å². The van der Waals surface area contributed by atoms with Gasteiger partial charge in [-0.05, 0) is 75.9 Å². The zero-order valence-electron chi connectivity index (χ0n) is 24.0. The lowest BCUT2D eigenvalue weighted by atomic mass is 9.59. The molecule has 0 fully saturated rings. The average molecular weight is 495 g/mol. The zero-order valence-corrected chi connectivity index (χ0v) is 24.0. The van der Waals surface area contributed by atoms with Crippen molar-refractivity contribution in [3.8, 4) is 16.8 Å². The molecule has 6 heteroatoms. The minimum Gasteiger partial charge on any atom is -0.309 e. The molecule has 4 aromatic carbocycles. The lowest BCUT2D eigenvalue weighted by Gasteiger charge is -2.24.